The molecule has 1 aromatic rings. The van der Waals surface area contributed by atoms with E-state index < -0.39 is 6.09 Å². The van der Waals surface area contributed by atoms with Gasteiger partial charge in [-0.1, -0.05) is 13.8 Å². The minimum absolute atomic E-state index is 0.166. The molecule has 0 fully saturated rings. The third-order valence-electron chi connectivity index (χ3n) is 3.38. The molecule has 0 saturated carbocycles. The lowest BCUT2D eigenvalue weighted by Gasteiger charge is -2.26. The second-order valence-electron chi connectivity index (χ2n) is 5.66. The molecule has 0 aliphatic carbocycles. The normalized spacial score (nSPS) is 15.9. The van der Waals surface area contributed by atoms with Crippen molar-refractivity contribution >= 4 is 29.3 Å². The van der Waals surface area contributed by atoms with Crippen molar-refractivity contribution in [1.82, 2.24) is 4.90 Å². The van der Waals surface area contributed by atoms with E-state index in [2.05, 4.69) is 15.6 Å². The first-order valence-electron chi connectivity index (χ1n) is 7.26. The van der Waals surface area contributed by atoms with Crippen LogP contribution in [0.5, 0.6) is 0 Å². The molecule has 7 heteroatoms. The molecular weight excluding hydrogens is 284 g/mol. The molecule has 2 aliphatic heterocycles. The molecule has 0 atom stereocenters. The Morgan fingerprint density at radius 2 is 2.32 bits per heavy atom. The molecule has 22 heavy (non-hydrogen) atoms. The van der Waals surface area contributed by atoms with Crippen LogP contribution in [0.15, 0.2) is 23.2 Å². The zero-order valence-corrected chi connectivity index (χ0v) is 12.5. The first kappa shape index (κ1) is 14.4. The number of rotatable bonds is 3. The number of aliphatic imine (C=N–C) groups is 1. The maximum atomic E-state index is 11.9. The molecule has 0 bridgehead atoms. The van der Waals surface area contributed by atoms with Crippen molar-refractivity contribution in [1.29, 1.82) is 0 Å². The third kappa shape index (κ3) is 2.74. The number of amidine groups is 1. The lowest BCUT2D eigenvalue weighted by Crippen LogP contribution is -2.42. The Labute approximate surface area is 128 Å². The second-order valence-corrected chi connectivity index (χ2v) is 5.66. The summed E-state index contributed by atoms with van der Waals surface area (Å²) in [6.45, 7) is 5.49. The number of benzene rings is 1. The van der Waals surface area contributed by atoms with Gasteiger partial charge < -0.3 is 10.1 Å². The molecular formula is C15H18N4O3. The van der Waals surface area contributed by atoms with Gasteiger partial charge in [0, 0.05) is 17.8 Å². The highest BCUT2D eigenvalue weighted by Gasteiger charge is 2.31. The summed E-state index contributed by atoms with van der Waals surface area (Å²) in [7, 11) is 0. The fourth-order valence-electron chi connectivity index (χ4n) is 2.37. The van der Waals surface area contributed by atoms with Crippen molar-refractivity contribution in [3.63, 3.8) is 0 Å². The molecule has 7 nitrogen and oxygen atoms in total. The van der Waals surface area contributed by atoms with E-state index in [4.69, 9.17) is 4.74 Å². The van der Waals surface area contributed by atoms with Gasteiger partial charge in [0.15, 0.2) is 0 Å². The van der Waals surface area contributed by atoms with Crippen molar-refractivity contribution in [2.75, 3.05) is 30.3 Å². The fraction of sp³-hybridized carbons (Fsp3) is 0.400. The maximum absolute atomic E-state index is 11.9. The molecule has 116 valence electrons. The molecule has 0 saturated heterocycles. The number of amides is 3. The van der Waals surface area contributed by atoms with E-state index in [-0.39, 0.29) is 11.9 Å². The summed E-state index contributed by atoms with van der Waals surface area (Å²) >= 11 is 0. The second kappa shape index (κ2) is 5.67. The van der Waals surface area contributed by atoms with Crippen molar-refractivity contribution < 1.29 is 14.3 Å². The summed E-state index contributed by atoms with van der Waals surface area (Å²) in [6.07, 6.45) is -0.487. The first-order valence-corrected chi connectivity index (χ1v) is 7.26. The summed E-state index contributed by atoms with van der Waals surface area (Å²) in [5.74, 6) is 0.934. The quantitative estimate of drug-likeness (QED) is 0.900. The average molecular weight is 302 g/mol. The van der Waals surface area contributed by atoms with Crippen LogP contribution in [0.4, 0.5) is 21.0 Å². The summed E-state index contributed by atoms with van der Waals surface area (Å²) in [4.78, 5) is 29.6. The molecule has 2 heterocycles. The number of urea groups is 1. The standard InChI is InChI=1S/C15H18N4O3/c1-9(2)8-22-15(21)17-10-3-4-12-11(7-10)13-16-5-6-19(13)14(20)18-12/h3-4,7,9H,5-6,8H2,1-2H3,(H,17,21)(H,18,20). The number of fused-ring (bicyclic) bond motifs is 3. The maximum Gasteiger partial charge on any atom is 0.411 e. The predicted octanol–water partition coefficient (Wildman–Crippen LogP) is 2.50. The van der Waals surface area contributed by atoms with E-state index in [1.807, 2.05) is 13.8 Å². The monoisotopic (exact) mass is 302 g/mol. The Balaban J connectivity index is 1.78. The lowest BCUT2D eigenvalue weighted by molar-refractivity contribution is 0.147. The van der Waals surface area contributed by atoms with Gasteiger partial charge in [-0.25, -0.2) is 9.59 Å². The van der Waals surface area contributed by atoms with E-state index in [9.17, 15) is 9.59 Å². The molecule has 2 N–H and O–H groups in total. The Morgan fingerprint density at radius 3 is 3.09 bits per heavy atom. The molecule has 3 amide bonds. The summed E-state index contributed by atoms with van der Waals surface area (Å²) in [5.41, 5.74) is 2.11. The van der Waals surface area contributed by atoms with Crippen molar-refractivity contribution in [3.05, 3.63) is 23.8 Å². The van der Waals surface area contributed by atoms with Crippen LogP contribution < -0.4 is 10.6 Å². The van der Waals surface area contributed by atoms with Crippen LogP contribution >= 0.6 is 0 Å². The lowest BCUT2D eigenvalue weighted by atomic mass is 10.1. The van der Waals surface area contributed by atoms with E-state index in [1.165, 1.54) is 0 Å². The Bertz CT molecular complexity index is 654. The summed E-state index contributed by atoms with van der Waals surface area (Å²) < 4.78 is 5.09. The molecule has 0 radical (unpaired) electrons. The minimum Gasteiger partial charge on any atom is -0.449 e. The minimum atomic E-state index is -0.487. The van der Waals surface area contributed by atoms with Gasteiger partial charge in [-0.15, -0.1) is 0 Å². The highest BCUT2D eigenvalue weighted by molar-refractivity contribution is 6.19. The third-order valence-corrected chi connectivity index (χ3v) is 3.38. The number of nitrogens with zero attached hydrogens (tertiary/aromatic N) is 2. The SMILES string of the molecule is CC(C)COC(=O)Nc1ccc2c(c1)C1=NCCN1C(=O)N2. The topological polar surface area (TPSA) is 83.0 Å². The van der Waals surface area contributed by atoms with Gasteiger partial charge in [0.1, 0.15) is 5.84 Å². The van der Waals surface area contributed by atoms with Crippen LogP contribution in [0.2, 0.25) is 0 Å². The van der Waals surface area contributed by atoms with Crippen molar-refractivity contribution in [2.45, 2.75) is 13.8 Å². The van der Waals surface area contributed by atoms with Gasteiger partial charge >= 0.3 is 12.1 Å². The zero-order valence-electron chi connectivity index (χ0n) is 12.5. The van der Waals surface area contributed by atoms with Gasteiger partial charge in [0.25, 0.3) is 0 Å². The number of carbonyl (C=O) groups excluding carboxylic acids is 2. The number of ether oxygens (including phenoxy) is 1. The molecule has 2 aliphatic rings. The van der Waals surface area contributed by atoms with E-state index in [0.29, 0.717) is 36.9 Å². The molecule has 0 spiro atoms. The van der Waals surface area contributed by atoms with Crippen LogP contribution in [0.25, 0.3) is 0 Å². The van der Waals surface area contributed by atoms with Crippen LogP contribution in [-0.4, -0.2) is 42.6 Å². The predicted molar refractivity (Wildman–Crippen MR) is 83.4 cm³/mol. The van der Waals surface area contributed by atoms with Gasteiger partial charge in [-0.05, 0) is 24.1 Å². The van der Waals surface area contributed by atoms with Crippen LogP contribution in [0.1, 0.15) is 19.4 Å². The number of nitrogens with one attached hydrogen (secondary N) is 2. The molecule has 0 unspecified atom stereocenters. The zero-order chi connectivity index (χ0) is 15.7. The number of hydrogen-bond acceptors (Lipinski definition) is 4. The van der Waals surface area contributed by atoms with E-state index in [0.717, 1.165) is 5.56 Å². The average Bonchev–Trinajstić information content (AvgIpc) is 2.96. The van der Waals surface area contributed by atoms with E-state index in [1.54, 1.807) is 23.1 Å². The summed E-state index contributed by atoms with van der Waals surface area (Å²) in [6, 6.07) is 5.10. The molecule has 3 rings (SSSR count). The van der Waals surface area contributed by atoms with Crippen molar-refractivity contribution in [3.8, 4) is 0 Å². The van der Waals surface area contributed by atoms with Gasteiger partial charge in [-0.3, -0.25) is 15.2 Å². The summed E-state index contributed by atoms with van der Waals surface area (Å²) in [5, 5.41) is 5.51. The number of anilines is 2. The van der Waals surface area contributed by atoms with Crippen molar-refractivity contribution in [2.24, 2.45) is 10.9 Å². The van der Waals surface area contributed by atoms with Crippen LogP contribution in [0, 0.1) is 5.92 Å². The van der Waals surface area contributed by atoms with Gasteiger partial charge in [0.2, 0.25) is 0 Å². The Hall–Kier alpha value is -2.57. The van der Waals surface area contributed by atoms with Crippen LogP contribution in [-0.2, 0) is 4.74 Å². The number of hydrogen-bond donors (Lipinski definition) is 2. The Morgan fingerprint density at radius 1 is 1.50 bits per heavy atom. The fourth-order valence-corrected chi connectivity index (χ4v) is 2.37. The smallest absolute Gasteiger partial charge is 0.411 e. The largest absolute Gasteiger partial charge is 0.449 e. The first-order chi connectivity index (χ1) is 10.5. The van der Waals surface area contributed by atoms with Gasteiger partial charge in [-0.2, -0.15) is 0 Å². The Kier molecular flexibility index (Phi) is 3.70. The molecule has 1 aromatic carbocycles. The molecule has 0 aromatic heterocycles. The van der Waals surface area contributed by atoms with E-state index >= 15 is 0 Å². The van der Waals surface area contributed by atoms with Gasteiger partial charge in [0.05, 0.1) is 18.8 Å². The number of carbonyl (C=O) groups is 2. The highest BCUT2D eigenvalue weighted by atomic mass is 16.5. The van der Waals surface area contributed by atoms with Crippen LogP contribution in [0.3, 0.4) is 0 Å². The highest BCUT2D eigenvalue weighted by Crippen LogP contribution is 2.28.